The lowest BCUT2D eigenvalue weighted by molar-refractivity contribution is -0.139. The zero-order valence-corrected chi connectivity index (χ0v) is 24.3. The number of hydrogen-bond acceptors (Lipinski definition) is 5. The van der Waals surface area contributed by atoms with E-state index in [0.717, 1.165) is 21.3 Å². The Bertz CT molecular complexity index is 1430. The first-order valence-electron chi connectivity index (χ1n) is 13.3. The summed E-state index contributed by atoms with van der Waals surface area (Å²) in [4.78, 5) is 27.9. The molecule has 220 valence electrons. The minimum Gasteiger partial charge on any atom is -0.494 e. The molecule has 0 aromatic heterocycles. The minimum atomic E-state index is -4.34. The number of halogens is 2. The molecule has 0 saturated heterocycles. The van der Waals surface area contributed by atoms with Gasteiger partial charge >= 0.3 is 0 Å². The molecule has 0 bridgehead atoms. The third-order valence-electron chi connectivity index (χ3n) is 6.58. The number of carbonyl (C=O) groups is 2. The standard InChI is InChI=1S/C30H35F2N3O5S/c1-5-21(3)33-30(37)22(4)34(19-23-9-7-8-10-28(23)32)29(36)20-35(25-13-11-24(31)12-14-25)41(38,39)27-17-15-26(16-18-27)40-6-2/h7-18,21-22H,5-6,19-20H2,1-4H3,(H,33,37)/t21-,22+/m0/s1. The van der Waals surface area contributed by atoms with Crippen molar-refractivity contribution in [2.24, 2.45) is 0 Å². The van der Waals surface area contributed by atoms with Crippen LogP contribution in [0.3, 0.4) is 0 Å². The van der Waals surface area contributed by atoms with Crippen LogP contribution in [-0.4, -0.2) is 50.4 Å². The van der Waals surface area contributed by atoms with Gasteiger partial charge in [-0.3, -0.25) is 13.9 Å². The number of anilines is 1. The van der Waals surface area contributed by atoms with E-state index in [-0.39, 0.29) is 28.7 Å². The van der Waals surface area contributed by atoms with Crippen molar-refractivity contribution >= 4 is 27.5 Å². The monoisotopic (exact) mass is 587 g/mol. The molecule has 0 spiro atoms. The van der Waals surface area contributed by atoms with E-state index in [1.54, 1.807) is 13.0 Å². The maximum absolute atomic E-state index is 14.6. The Kier molecular flexibility index (Phi) is 10.8. The zero-order chi connectivity index (χ0) is 30.2. The lowest BCUT2D eigenvalue weighted by Crippen LogP contribution is -2.52. The van der Waals surface area contributed by atoms with Crippen molar-refractivity contribution in [3.63, 3.8) is 0 Å². The lowest BCUT2D eigenvalue weighted by atomic mass is 10.1. The first-order chi connectivity index (χ1) is 19.5. The van der Waals surface area contributed by atoms with Crippen LogP contribution in [0.2, 0.25) is 0 Å². The highest BCUT2D eigenvalue weighted by Gasteiger charge is 2.33. The highest BCUT2D eigenvalue weighted by molar-refractivity contribution is 7.92. The van der Waals surface area contributed by atoms with Gasteiger partial charge in [0.05, 0.1) is 17.2 Å². The van der Waals surface area contributed by atoms with Crippen molar-refractivity contribution in [2.45, 2.75) is 57.6 Å². The van der Waals surface area contributed by atoms with Crippen LogP contribution in [0.15, 0.2) is 77.7 Å². The molecule has 0 aliphatic rings. The molecule has 2 amide bonds. The van der Waals surface area contributed by atoms with E-state index in [1.807, 2.05) is 13.8 Å². The van der Waals surface area contributed by atoms with Gasteiger partial charge in [0.2, 0.25) is 11.8 Å². The van der Waals surface area contributed by atoms with E-state index in [4.69, 9.17) is 4.74 Å². The van der Waals surface area contributed by atoms with Crippen LogP contribution < -0.4 is 14.4 Å². The summed E-state index contributed by atoms with van der Waals surface area (Å²) < 4.78 is 62.3. The summed E-state index contributed by atoms with van der Waals surface area (Å²) in [5.74, 6) is -1.91. The number of benzene rings is 3. The van der Waals surface area contributed by atoms with Crippen LogP contribution in [0.25, 0.3) is 0 Å². The fraction of sp³-hybridized carbons (Fsp3) is 0.333. The van der Waals surface area contributed by atoms with Gasteiger partial charge in [-0.2, -0.15) is 0 Å². The van der Waals surface area contributed by atoms with Gasteiger partial charge in [-0.15, -0.1) is 0 Å². The van der Waals surface area contributed by atoms with Gasteiger partial charge < -0.3 is 15.0 Å². The largest absolute Gasteiger partial charge is 0.494 e. The molecule has 0 aliphatic carbocycles. The average Bonchev–Trinajstić information content (AvgIpc) is 2.96. The Morgan fingerprint density at radius 2 is 1.56 bits per heavy atom. The minimum absolute atomic E-state index is 0.0381. The van der Waals surface area contributed by atoms with E-state index in [2.05, 4.69) is 5.32 Å². The van der Waals surface area contributed by atoms with E-state index < -0.39 is 46.1 Å². The quantitative estimate of drug-likeness (QED) is 0.307. The van der Waals surface area contributed by atoms with Crippen LogP contribution in [0.4, 0.5) is 14.5 Å². The van der Waals surface area contributed by atoms with Gasteiger partial charge in [0.15, 0.2) is 0 Å². The fourth-order valence-corrected chi connectivity index (χ4v) is 5.41. The van der Waals surface area contributed by atoms with E-state index in [9.17, 15) is 26.8 Å². The number of carbonyl (C=O) groups excluding carboxylic acids is 2. The van der Waals surface area contributed by atoms with Crippen LogP contribution in [-0.2, 0) is 26.2 Å². The number of nitrogens with one attached hydrogen (secondary N) is 1. The van der Waals surface area contributed by atoms with Crippen LogP contribution >= 0.6 is 0 Å². The second-order valence-corrected chi connectivity index (χ2v) is 11.4. The molecule has 0 aliphatic heterocycles. The predicted octanol–water partition coefficient (Wildman–Crippen LogP) is 4.89. The van der Waals surface area contributed by atoms with Crippen molar-refractivity contribution in [1.82, 2.24) is 10.2 Å². The van der Waals surface area contributed by atoms with Gasteiger partial charge in [0.1, 0.15) is 30.0 Å². The van der Waals surface area contributed by atoms with Crippen molar-refractivity contribution < 1.29 is 31.5 Å². The second kappa shape index (κ2) is 14.1. The summed E-state index contributed by atoms with van der Waals surface area (Å²) in [6.07, 6.45) is 0.651. The van der Waals surface area contributed by atoms with Gasteiger partial charge in [0, 0.05) is 18.2 Å². The van der Waals surface area contributed by atoms with Gasteiger partial charge in [-0.1, -0.05) is 25.1 Å². The Morgan fingerprint density at radius 1 is 0.927 bits per heavy atom. The number of nitrogens with zero attached hydrogens (tertiary/aromatic N) is 2. The Labute approximate surface area is 240 Å². The molecule has 0 fully saturated rings. The van der Waals surface area contributed by atoms with Gasteiger partial charge in [0.25, 0.3) is 10.0 Å². The van der Waals surface area contributed by atoms with Crippen molar-refractivity contribution in [3.05, 3.63) is 90.0 Å². The molecule has 0 unspecified atom stereocenters. The van der Waals surface area contributed by atoms with Gasteiger partial charge in [-0.05, 0) is 81.8 Å². The summed E-state index contributed by atoms with van der Waals surface area (Å²) >= 11 is 0. The van der Waals surface area contributed by atoms with E-state index >= 15 is 0 Å². The number of rotatable bonds is 13. The molecule has 3 aromatic rings. The predicted molar refractivity (Wildman–Crippen MR) is 153 cm³/mol. The topological polar surface area (TPSA) is 96.0 Å². The fourth-order valence-electron chi connectivity index (χ4n) is 4.00. The highest BCUT2D eigenvalue weighted by atomic mass is 32.2. The molecule has 3 rings (SSSR count). The molecule has 8 nitrogen and oxygen atoms in total. The summed E-state index contributed by atoms with van der Waals surface area (Å²) in [6, 6.07) is 14.9. The average molecular weight is 588 g/mol. The maximum atomic E-state index is 14.6. The summed E-state index contributed by atoms with van der Waals surface area (Å²) in [7, 11) is -4.34. The molecular weight excluding hydrogens is 552 g/mol. The summed E-state index contributed by atoms with van der Waals surface area (Å²) in [5.41, 5.74) is 0.197. The van der Waals surface area contributed by atoms with Crippen LogP contribution in [0.5, 0.6) is 5.75 Å². The molecule has 0 heterocycles. The van der Waals surface area contributed by atoms with Crippen molar-refractivity contribution in [1.29, 1.82) is 0 Å². The third kappa shape index (κ3) is 8.03. The van der Waals surface area contributed by atoms with Crippen LogP contribution in [0.1, 0.15) is 39.7 Å². The SMILES string of the molecule is CCOc1ccc(S(=O)(=O)N(CC(=O)N(Cc2ccccc2F)[C@H](C)C(=O)N[C@@H](C)CC)c2ccc(F)cc2)cc1. The van der Waals surface area contributed by atoms with Crippen LogP contribution in [0, 0.1) is 11.6 Å². The molecule has 11 heteroatoms. The molecular formula is C30H35F2N3O5S. The number of sulfonamides is 1. The highest BCUT2D eigenvalue weighted by Crippen LogP contribution is 2.26. The van der Waals surface area contributed by atoms with E-state index in [1.165, 1.54) is 61.5 Å². The molecule has 3 aromatic carbocycles. The number of ether oxygens (including phenoxy) is 1. The molecule has 2 atom stereocenters. The number of hydrogen-bond donors (Lipinski definition) is 1. The van der Waals surface area contributed by atoms with Gasteiger partial charge in [-0.25, -0.2) is 17.2 Å². The van der Waals surface area contributed by atoms with E-state index in [0.29, 0.717) is 18.8 Å². The number of amides is 2. The van der Waals surface area contributed by atoms with Crippen molar-refractivity contribution in [2.75, 3.05) is 17.5 Å². The molecule has 0 radical (unpaired) electrons. The van der Waals surface area contributed by atoms with Crippen molar-refractivity contribution in [3.8, 4) is 5.75 Å². The summed E-state index contributed by atoms with van der Waals surface area (Å²) in [5, 5.41) is 2.82. The molecule has 41 heavy (non-hydrogen) atoms. The lowest BCUT2D eigenvalue weighted by Gasteiger charge is -2.32. The zero-order valence-electron chi connectivity index (χ0n) is 23.5. The first kappa shape index (κ1) is 31.5. The Hall–Kier alpha value is -3.99. The maximum Gasteiger partial charge on any atom is 0.264 e. The third-order valence-corrected chi connectivity index (χ3v) is 8.37. The molecule has 1 N–H and O–H groups in total. The second-order valence-electron chi connectivity index (χ2n) is 9.50. The first-order valence-corrected chi connectivity index (χ1v) is 14.8. The Morgan fingerprint density at radius 3 is 2.15 bits per heavy atom. The smallest absolute Gasteiger partial charge is 0.264 e. The normalized spacial score (nSPS) is 12.7. The molecule has 0 saturated carbocycles. The Balaban J connectivity index is 2.02. The summed E-state index contributed by atoms with van der Waals surface area (Å²) in [6.45, 7) is 6.39.